The normalized spacial score (nSPS) is 10.4. The van der Waals surface area contributed by atoms with Gasteiger partial charge in [0.15, 0.2) is 0 Å². The SMILES string of the molecule is CCN(CC(=O)NC(C)C)c1ccc(F)cc1C(=O)O. The summed E-state index contributed by atoms with van der Waals surface area (Å²) >= 11 is 0. The van der Waals surface area contributed by atoms with Crippen molar-refractivity contribution in [2.24, 2.45) is 0 Å². The number of rotatable bonds is 6. The quantitative estimate of drug-likeness (QED) is 0.835. The first-order chi connectivity index (χ1) is 9.35. The van der Waals surface area contributed by atoms with Gasteiger partial charge in [-0.3, -0.25) is 4.79 Å². The van der Waals surface area contributed by atoms with E-state index in [0.29, 0.717) is 12.2 Å². The second-order valence-corrected chi connectivity index (χ2v) is 4.70. The molecule has 0 unspecified atom stereocenters. The van der Waals surface area contributed by atoms with Gasteiger partial charge in [-0.15, -0.1) is 0 Å². The number of carbonyl (C=O) groups is 2. The van der Waals surface area contributed by atoms with Gasteiger partial charge < -0.3 is 15.3 Å². The highest BCUT2D eigenvalue weighted by Gasteiger charge is 2.18. The maximum absolute atomic E-state index is 13.1. The third-order valence-electron chi connectivity index (χ3n) is 2.70. The first-order valence-electron chi connectivity index (χ1n) is 6.42. The summed E-state index contributed by atoms with van der Waals surface area (Å²) in [5.41, 5.74) is 0.185. The number of nitrogens with zero attached hydrogens (tertiary/aromatic N) is 1. The summed E-state index contributed by atoms with van der Waals surface area (Å²) in [7, 11) is 0. The minimum Gasteiger partial charge on any atom is -0.478 e. The Kier molecular flexibility index (Phi) is 5.49. The molecule has 0 saturated carbocycles. The average Bonchev–Trinajstić information content (AvgIpc) is 2.35. The lowest BCUT2D eigenvalue weighted by atomic mass is 10.1. The topological polar surface area (TPSA) is 69.6 Å². The van der Waals surface area contributed by atoms with E-state index in [1.807, 2.05) is 13.8 Å². The van der Waals surface area contributed by atoms with Crippen LogP contribution in [0.25, 0.3) is 0 Å². The number of amides is 1. The Morgan fingerprint density at radius 1 is 1.40 bits per heavy atom. The van der Waals surface area contributed by atoms with E-state index >= 15 is 0 Å². The molecule has 110 valence electrons. The van der Waals surface area contributed by atoms with E-state index < -0.39 is 11.8 Å². The van der Waals surface area contributed by atoms with Gasteiger partial charge in [-0.25, -0.2) is 9.18 Å². The maximum atomic E-state index is 13.1. The number of anilines is 1. The fourth-order valence-electron chi connectivity index (χ4n) is 1.86. The second-order valence-electron chi connectivity index (χ2n) is 4.70. The predicted octanol–water partition coefficient (Wildman–Crippen LogP) is 1.87. The Balaban J connectivity index is 3.00. The number of likely N-dealkylation sites (N-methyl/N-ethyl adjacent to an activating group) is 1. The summed E-state index contributed by atoms with van der Waals surface area (Å²) in [5, 5.41) is 11.9. The summed E-state index contributed by atoms with van der Waals surface area (Å²) in [6.45, 7) is 5.96. The molecule has 1 aromatic carbocycles. The van der Waals surface area contributed by atoms with Gasteiger partial charge in [0.25, 0.3) is 0 Å². The molecular weight excluding hydrogens is 263 g/mol. The number of hydrogen-bond acceptors (Lipinski definition) is 3. The molecular formula is C14H19FN2O3. The number of halogens is 1. The number of carboxylic acids is 1. The summed E-state index contributed by atoms with van der Waals surface area (Å²) < 4.78 is 13.1. The molecule has 0 aliphatic heterocycles. The van der Waals surface area contributed by atoms with Crippen LogP contribution in [-0.2, 0) is 4.79 Å². The van der Waals surface area contributed by atoms with E-state index in [-0.39, 0.29) is 24.1 Å². The molecule has 0 spiro atoms. The summed E-state index contributed by atoms with van der Waals surface area (Å²) in [6.07, 6.45) is 0. The van der Waals surface area contributed by atoms with Crippen LogP contribution in [0.2, 0.25) is 0 Å². The Bertz CT molecular complexity index is 503. The number of benzene rings is 1. The van der Waals surface area contributed by atoms with E-state index in [4.69, 9.17) is 5.11 Å². The zero-order chi connectivity index (χ0) is 15.3. The van der Waals surface area contributed by atoms with Crippen molar-refractivity contribution in [1.29, 1.82) is 0 Å². The van der Waals surface area contributed by atoms with Crippen LogP contribution in [0.4, 0.5) is 10.1 Å². The minimum absolute atomic E-state index is 0.00775. The molecule has 0 aromatic heterocycles. The van der Waals surface area contributed by atoms with Crippen molar-refractivity contribution in [3.63, 3.8) is 0 Å². The Morgan fingerprint density at radius 3 is 2.55 bits per heavy atom. The fraction of sp³-hybridized carbons (Fsp3) is 0.429. The maximum Gasteiger partial charge on any atom is 0.337 e. The first kappa shape index (κ1) is 15.9. The van der Waals surface area contributed by atoms with Crippen LogP contribution in [0.1, 0.15) is 31.1 Å². The molecule has 2 N–H and O–H groups in total. The van der Waals surface area contributed by atoms with Crippen molar-refractivity contribution < 1.29 is 19.1 Å². The highest BCUT2D eigenvalue weighted by molar-refractivity contribution is 5.95. The molecule has 5 nitrogen and oxygen atoms in total. The molecule has 0 aliphatic rings. The standard InChI is InChI=1S/C14H19FN2O3/c1-4-17(8-13(18)16-9(2)3)12-6-5-10(15)7-11(12)14(19)20/h5-7,9H,4,8H2,1-3H3,(H,16,18)(H,19,20). The molecule has 0 bridgehead atoms. The number of aromatic carboxylic acids is 1. The molecule has 1 amide bonds. The van der Waals surface area contributed by atoms with E-state index in [0.717, 1.165) is 6.07 Å². The molecule has 0 heterocycles. The third-order valence-corrected chi connectivity index (χ3v) is 2.70. The predicted molar refractivity (Wildman–Crippen MR) is 74.5 cm³/mol. The highest BCUT2D eigenvalue weighted by atomic mass is 19.1. The van der Waals surface area contributed by atoms with Gasteiger partial charge in [0.05, 0.1) is 17.8 Å². The van der Waals surface area contributed by atoms with Crippen molar-refractivity contribution in [3.05, 3.63) is 29.6 Å². The smallest absolute Gasteiger partial charge is 0.337 e. The van der Waals surface area contributed by atoms with Crippen LogP contribution >= 0.6 is 0 Å². The number of carbonyl (C=O) groups excluding carboxylic acids is 1. The van der Waals surface area contributed by atoms with Crippen LogP contribution in [0.15, 0.2) is 18.2 Å². The van der Waals surface area contributed by atoms with E-state index in [2.05, 4.69) is 5.32 Å². The number of hydrogen-bond donors (Lipinski definition) is 2. The van der Waals surface area contributed by atoms with E-state index in [1.165, 1.54) is 12.1 Å². The van der Waals surface area contributed by atoms with E-state index in [1.54, 1.807) is 11.8 Å². The third kappa shape index (κ3) is 4.22. The van der Waals surface area contributed by atoms with Crippen LogP contribution in [0, 0.1) is 5.82 Å². The molecule has 1 aromatic rings. The van der Waals surface area contributed by atoms with Crippen LogP contribution < -0.4 is 10.2 Å². The van der Waals surface area contributed by atoms with Gasteiger partial charge in [0.1, 0.15) is 5.82 Å². The Hall–Kier alpha value is -2.11. The second kappa shape index (κ2) is 6.88. The van der Waals surface area contributed by atoms with Crippen molar-refractivity contribution >= 4 is 17.6 Å². The number of nitrogens with one attached hydrogen (secondary N) is 1. The Morgan fingerprint density at radius 2 is 2.05 bits per heavy atom. The van der Waals surface area contributed by atoms with Gasteiger partial charge in [-0.05, 0) is 39.0 Å². The monoisotopic (exact) mass is 282 g/mol. The zero-order valence-corrected chi connectivity index (χ0v) is 11.8. The first-order valence-corrected chi connectivity index (χ1v) is 6.42. The molecule has 0 saturated heterocycles. The molecule has 6 heteroatoms. The van der Waals surface area contributed by atoms with Crippen molar-refractivity contribution in [2.75, 3.05) is 18.0 Å². The summed E-state index contributed by atoms with van der Waals surface area (Å²) in [4.78, 5) is 24.5. The lowest BCUT2D eigenvalue weighted by Gasteiger charge is -2.24. The molecule has 0 atom stereocenters. The average molecular weight is 282 g/mol. The van der Waals surface area contributed by atoms with Crippen LogP contribution in [0.3, 0.4) is 0 Å². The van der Waals surface area contributed by atoms with Crippen molar-refractivity contribution in [2.45, 2.75) is 26.8 Å². The highest BCUT2D eigenvalue weighted by Crippen LogP contribution is 2.21. The lowest BCUT2D eigenvalue weighted by molar-refractivity contribution is -0.120. The largest absolute Gasteiger partial charge is 0.478 e. The van der Waals surface area contributed by atoms with Crippen molar-refractivity contribution in [1.82, 2.24) is 5.32 Å². The van der Waals surface area contributed by atoms with Crippen LogP contribution in [0.5, 0.6) is 0 Å². The zero-order valence-electron chi connectivity index (χ0n) is 11.8. The van der Waals surface area contributed by atoms with Gasteiger partial charge in [0, 0.05) is 12.6 Å². The minimum atomic E-state index is -1.22. The van der Waals surface area contributed by atoms with Gasteiger partial charge in [0.2, 0.25) is 5.91 Å². The molecule has 0 aliphatic carbocycles. The molecule has 0 radical (unpaired) electrons. The van der Waals surface area contributed by atoms with Gasteiger partial charge in [-0.2, -0.15) is 0 Å². The molecule has 20 heavy (non-hydrogen) atoms. The van der Waals surface area contributed by atoms with Crippen LogP contribution in [-0.4, -0.2) is 36.1 Å². The molecule has 0 fully saturated rings. The van der Waals surface area contributed by atoms with E-state index in [9.17, 15) is 14.0 Å². The molecule has 1 rings (SSSR count). The Labute approximate surface area is 117 Å². The number of carboxylic acid groups (broad SMARTS) is 1. The summed E-state index contributed by atoms with van der Waals surface area (Å²) in [5.74, 6) is -2.04. The van der Waals surface area contributed by atoms with Crippen molar-refractivity contribution in [3.8, 4) is 0 Å². The summed E-state index contributed by atoms with van der Waals surface area (Å²) in [6, 6.07) is 3.53. The van der Waals surface area contributed by atoms with Gasteiger partial charge in [-0.1, -0.05) is 0 Å². The lowest BCUT2D eigenvalue weighted by Crippen LogP contribution is -2.40. The fourth-order valence-corrected chi connectivity index (χ4v) is 1.86. The van der Waals surface area contributed by atoms with Gasteiger partial charge >= 0.3 is 5.97 Å².